The maximum absolute atomic E-state index is 11.9. The molecule has 0 radical (unpaired) electrons. The minimum absolute atomic E-state index is 0.0840. The van der Waals surface area contributed by atoms with E-state index in [1.807, 2.05) is 0 Å². The number of hydrogen-bond donors (Lipinski definition) is 0. The van der Waals surface area contributed by atoms with Gasteiger partial charge < -0.3 is 4.74 Å². The van der Waals surface area contributed by atoms with Crippen molar-refractivity contribution in [1.29, 1.82) is 0 Å². The lowest BCUT2D eigenvalue weighted by molar-refractivity contribution is -0.175. The summed E-state index contributed by atoms with van der Waals surface area (Å²) < 4.78 is 40.2. The van der Waals surface area contributed by atoms with Crippen LogP contribution in [0.15, 0.2) is 0 Å². The summed E-state index contributed by atoms with van der Waals surface area (Å²) in [6.07, 6.45) is -1.19. The maximum Gasteiger partial charge on any atom is 0.411 e. The first-order valence-electron chi connectivity index (χ1n) is 5.87. The van der Waals surface area contributed by atoms with E-state index in [1.54, 1.807) is 0 Å². The van der Waals surface area contributed by atoms with E-state index < -0.39 is 12.8 Å². The highest BCUT2D eigenvalue weighted by Crippen LogP contribution is 2.33. The number of ether oxygens (including phenoxy) is 1. The minimum atomic E-state index is -4.25. The zero-order valence-corrected chi connectivity index (χ0v) is 9.50. The van der Waals surface area contributed by atoms with Crippen molar-refractivity contribution in [3.8, 4) is 0 Å². The molecular formula is C11H16F3NO2. The molecule has 2 fully saturated rings. The molecule has 3 nitrogen and oxygen atoms in total. The Labute approximate surface area is 97.9 Å². The molecule has 2 rings (SSSR count). The van der Waals surface area contributed by atoms with Crippen LogP contribution in [0.1, 0.15) is 25.7 Å². The van der Waals surface area contributed by atoms with Crippen molar-refractivity contribution in [2.75, 3.05) is 19.8 Å². The van der Waals surface area contributed by atoms with Gasteiger partial charge in [0.2, 0.25) is 0 Å². The number of carbonyl (C=O) groups excluding carboxylic acids is 1. The van der Waals surface area contributed by atoms with Crippen LogP contribution in [0.25, 0.3) is 0 Å². The van der Waals surface area contributed by atoms with E-state index in [2.05, 4.69) is 9.64 Å². The van der Waals surface area contributed by atoms with Crippen molar-refractivity contribution in [3.63, 3.8) is 0 Å². The van der Waals surface area contributed by atoms with E-state index in [0.29, 0.717) is 19.4 Å². The Morgan fingerprint density at radius 1 is 1.24 bits per heavy atom. The van der Waals surface area contributed by atoms with Crippen molar-refractivity contribution < 1.29 is 22.7 Å². The molecule has 2 unspecified atom stereocenters. The van der Waals surface area contributed by atoms with Crippen LogP contribution in [-0.4, -0.2) is 48.7 Å². The Hall–Kier alpha value is -0.620. The quantitative estimate of drug-likeness (QED) is 0.713. The highest BCUT2D eigenvalue weighted by atomic mass is 19.4. The lowest BCUT2D eigenvalue weighted by atomic mass is 10.0. The summed E-state index contributed by atoms with van der Waals surface area (Å²) in [5, 5.41) is 0. The van der Waals surface area contributed by atoms with Gasteiger partial charge in [-0.2, -0.15) is 13.2 Å². The largest absolute Gasteiger partial charge is 0.411 e. The summed E-state index contributed by atoms with van der Waals surface area (Å²) in [5.41, 5.74) is 0. The van der Waals surface area contributed by atoms with E-state index in [9.17, 15) is 18.0 Å². The van der Waals surface area contributed by atoms with Crippen LogP contribution >= 0.6 is 0 Å². The molecule has 2 heterocycles. The van der Waals surface area contributed by atoms with Crippen LogP contribution in [0, 0.1) is 0 Å². The number of halogens is 3. The molecule has 2 saturated heterocycles. The second-order valence-corrected chi connectivity index (χ2v) is 4.74. The van der Waals surface area contributed by atoms with Gasteiger partial charge in [-0.05, 0) is 12.8 Å². The Balaban J connectivity index is 1.72. The number of nitrogens with zero attached hydrogens (tertiary/aromatic N) is 1. The molecule has 2 aliphatic heterocycles. The lowest BCUT2D eigenvalue weighted by Crippen LogP contribution is -2.44. The second-order valence-electron chi connectivity index (χ2n) is 4.74. The number of rotatable bonds is 4. The van der Waals surface area contributed by atoms with Crippen LogP contribution in [0.5, 0.6) is 0 Å². The highest BCUT2D eigenvalue weighted by molar-refractivity contribution is 5.80. The first-order valence-corrected chi connectivity index (χ1v) is 5.87. The Morgan fingerprint density at radius 2 is 1.82 bits per heavy atom. The van der Waals surface area contributed by atoms with Gasteiger partial charge in [-0.25, -0.2) is 0 Å². The van der Waals surface area contributed by atoms with Gasteiger partial charge in [-0.15, -0.1) is 0 Å². The molecule has 0 aliphatic carbocycles. The average molecular weight is 251 g/mol. The molecule has 0 saturated carbocycles. The fourth-order valence-corrected chi connectivity index (χ4v) is 2.79. The van der Waals surface area contributed by atoms with Crippen molar-refractivity contribution in [1.82, 2.24) is 4.90 Å². The number of Topliss-reactive ketones (excluding diaryl/α,β-unsaturated/α-hetero) is 1. The third-order valence-electron chi connectivity index (χ3n) is 3.46. The minimum Gasteiger partial charge on any atom is -0.371 e. The molecule has 0 aromatic heterocycles. The van der Waals surface area contributed by atoms with Crippen molar-refractivity contribution in [2.45, 2.75) is 43.9 Å². The van der Waals surface area contributed by atoms with Gasteiger partial charge in [0.1, 0.15) is 12.4 Å². The predicted molar refractivity (Wildman–Crippen MR) is 54.6 cm³/mol. The van der Waals surface area contributed by atoms with Crippen molar-refractivity contribution >= 4 is 5.78 Å². The number of alkyl halides is 3. The third kappa shape index (κ3) is 3.42. The molecule has 0 spiro atoms. The van der Waals surface area contributed by atoms with E-state index in [4.69, 9.17) is 0 Å². The molecule has 2 aliphatic rings. The Kier molecular flexibility index (Phi) is 3.73. The van der Waals surface area contributed by atoms with Gasteiger partial charge in [0.15, 0.2) is 0 Å². The zero-order chi connectivity index (χ0) is 12.5. The number of fused-ring (bicyclic) bond motifs is 2. The molecular weight excluding hydrogens is 235 g/mol. The van der Waals surface area contributed by atoms with Gasteiger partial charge >= 0.3 is 6.18 Å². The van der Waals surface area contributed by atoms with E-state index in [0.717, 1.165) is 12.8 Å². The Morgan fingerprint density at radius 3 is 2.35 bits per heavy atom. The van der Waals surface area contributed by atoms with Crippen molar-refractivity contribution in [2.24, 2.45) is 0 Å². The molecule has 0 aromatic carbocycles. The van der Waals surface area contributed by atoms with Gasteiger partial charge in [-0.1, -0.05) is 0 Å². The summed E-state index contributed by atoms with van der Waals surface area (Å²) >= 11 is 0. The maximum atomic E-state index is 11.9. The van der Waals surface area contributed by atoms with Crippen LogP contribution < -0.4 is 0 Å². The standard InChI is InChI=1S/C11H16F3NO2/c12-11(13,14)7-17-4-3-15-8-1-2-9(15)6-10(16)5-8/h8-9H,1-7H2. The molecule has 0 amide bonds. The van der Waals surface area contributed by atoms with Gasteiger partial charge in [0.05, 0.1) is 6.61 Å². The van der Waals surface area contributed by atoms with Crippen molar-refractivity contribution in [3.05, 3.63) is 0 Å². The number of hydrogen-bond acceptors (Lipinski definition) is 3. The third-order valence-corrected chi connectivity index (χ3v) is 3.46. The van der Waals surface area contributed by atoms with E-state index in [1.165, 1.54) is 0 Å². The molecule has 98 valence electrons. The highest BCUT2D eigenvalue weighted by Gasteiger charge is 2.39. The number of ketones is 1. The zero-order valence-electron chi connectivity index (χ0n) is 9.50. The topological polar surface area (TPSA) is 29.5 Å². The lowest BCUT2D eigenvalue weighted by Gasteiger charge is -2.33. The summed E-state index contributed by atoms with van der Waals surface area (Å²) in [6.45, 7) is -0.603. The molecule has 2 bridgehead atoms. The molecule has 2 atom stereocenters. The van der Waals surface area contributed by atoms with Gasteiger partial charge in [0, 0.05) is 31.5 Å². The second kappa shape index (κ2) is 4.94. The fourth-order valence-electron chi connectivity index (χ4n) is 2.79. The van der Waals surface area contributed by atoms with Crippen LogP contribution in [0.3, 0.4) is 0 Å². The van der Waals surface area contributed by atoms with Crippen LogP contribution in [0.2, 0.25) is 0 Å². The molecule has 0 N–H and O–H groups in total. The summed E-state index contributed by atoms with van der Waals surface area (Å²) in [5.74, 6) is 0.282. The monoisotopic (exact) mass is 251 g/mol. The SMILES string of the molecule is O=C1CC2CCC(C1)N2CCOCC(F)(F)F. The number of carbonyl (C=O) groups is 1. The average Bonchev–Trinajstić information content (AvgIpc) is 2.44. The molecule has 0 aromatic rings. The summed E-state index contributed by atoms with van der Waals surface area (Å²) in [7, 11) is 0. The first-order chi connectivity index (χ1) is 7.96. The molecule has 6 heteroatoms. The smallest absolute Gasteiger partial charge is 0.371 e. The van der Waals surface area contributed by atoms with E-state index >= 15 is 0 Å². The predicted octanol–water partition coefficient (Wildman–Crippen LogP) is 1.76. The van der Waals surface area contributed by atoms with Crippen LogP contribution in [-0.2, 0) is 9.53 Å². The molecule has 17 heavy (non-hydrogen) atoms. The summed E-state index contributed by atoms with van der Waals surface area (Å²) in [4.78, 5) is 13.5. The number of piperidine rings is 1. The fraction of sp³-hybridized carbons (Fsp3) is 0.909. The Bertz CT molecular complexity index is 277. The summed E-state index contributed by atoms with van der Waals surface area (Å²) in [6, 6.07) is 0.464. The van der Waals surface area contributed by atoms with Gasteiger partial charge in [-0.3, -0.25) is 9.69 Å². The van der Waals surface area contributed by atoms with E-state index in [-0.39, 0.29) is 24.5 Å². The van der Waals surface area contributed by atoms with Crippen LogP contribution in [0.4, 0.5) is 13.2 Å². The van der Waals surface area contributed by atoms with Gasteiger partial charge in [0.25, 0.3) is 0 Å². The first kappa shape index (κ1) is 12.8. The normalized spacial score (nSPS) is 29.9.